The maximum atomic E-state index is 13.1. The van der Waals surface area contributed by atoms with Crippen molar-refractivity contribution >= 4 is 23.1 Å². The molecule has 1 aromatic heterocycles. The fourth-order valence-corrected chi connectivity index (χ4v) is 2.87. The van der Waals surface area contributed by atoms with Crippen molar-refractivity contribution in [1.29, 1.82) is 0 Å². The Balaban J connectivity index is 1.85. The van der Waals surface area contributed by atoms with Crippen molar-refractivity contribution in [2.75, 3.05) is 24.3 Å². The molecule has 0 aliphatic heterocycles. The largest absolute Gasteiger partial charge is 0.451 e. The number of furan rings is 1. The molecule has 0 aliphatic rings. The van der Waals surface area contributed by atoms with Crippen LogP contribution in [0.2, 0.25) is 0 Å². The highest BCUT2D eigenvalue weighted by Crippen LogP contribution is 2.35. The number of carbonyl (C=O) groups excluding carboxylic acids is 2. The highest BCUT2D eigenvalue weighted by Gasteiger charge is 2.31. The van der Waals surface area contributed by atoms with E-state index in [1.54, 1.807) is 49.3 Å². The lowest BCUT2D eigenvalue weighted by molar-refractivity contribution is -0.137. The van der Waals surface area contributed by atoms with E-state index in [9.17, 15) is 22.8 Å². The van der Waals surface area contributed by atoms with Crippen LogP contribution < -0.4 is 10.2 Å². The number of alkyl halides is 3. The van der Waals surface area contributed by atoms with Crippen molar-refractivity contribution in [3.8, 4) is 11.3 Å². The number of halogens is 3. The van der Waals surface area contributed by atoms with Crippen molar-refractivity contribution in [3.63, 3.8) is 0 Å². The normalized spacial score (nSPS) is 11.3. The van der Waals surface area contributed by atoms with Gasteiger partial charge in [-0.25, -0.2) is 0 Å². The molecule has 3 rings (SSSR count). The molecule has 30 heavy (non-hydrogen) atoms. The van der Waals surface area contributed by atoms with Gasteiger partial charge in [0.15, 0.2) is 11.5 Å². The average Bonchev–Trinajstić information content (AvgIpc) is 3.17. The Labute approximate surface area is 171 Å². The van der Waals surface area contributed by atoms with Gasteiger partial charge in [0.1, 0.15) is 5.76 Å². The number of ketones is 1. The molecular weight excluding hydrogens is 397 g/mol. The Morgan fingerprint density at radius 1 is 0.967 bits per heavy atom. The van der Waals surface area contributed by atoms with Gasteiger partial charge in [-0.05, 0) is 37.3 Å². The van der Waals surface area contributed by atoms with Crippen LogP contribution in [0.3, 0.4) is 0 Å². The molecule has 156 valence electrons. The molecule has 5 nitrogen and oxygen atoms in total. The van der Waals surface area contributed by atoms with E-state index in [0.29, 0.717) is 22.6 Å². The van der Waals surface area contributed by atoms with Crippen molar-refractivity contribution in [2.24, 2.45) is 0 Å². The topological polar surface area (TPSA) is 62.6 Å². The molecule has 1 amide bonds. The van der Waals surface area contributed by atoms with E-state index < -0.39 is 17.6 Å². The van der Waals surface area contributed by atoms with Gasteiger partial charge in [0.2, 0.25) is 0 Å². The molecule has 0 radical (unpaired) electrons. The zero-order valence-corrected chi connectivity index (χ0v) is 16.5. The van der Waals surface area contributed by atoms with E-state index in [4.69, 9.17) is 4.42 Å². The van der Waals surface area contributed by atoms with Crippen molar-refractivity contribution in [3.05, 3.63) is 71.5 Å². The van der Waals surface area contributed by atoms with Crippen LogP contribution >= 0.6 is 0 Å². The van der Waals surface area contributed by atoms with Crippen LogP contribution in [0.5, 0.6) is 0 Å². The third-order valence-corrected chi connectivity index (χ3v) is 4.46. The standard InChI is InChI=1S/C22H19F3N2O3/c1-13(28)14-4-6-15(7-5-14)19-10-11-20(30-19)21(29)26-17-12-16(22(23,24)25)8-9-18(17)27(2)3/h4-12H,1-3H3,(H,26,29). The van der Waals surface area contributed by atoms with Gasteiger partial charge in [-0.1, -0.05) is 24.3 Å². The first kappa shape index (κ1) is 21.2. The lowest BCUT2D eigenvalue weighted by Crippen LogP contribution is -2.17. The summed E-state index contributed by atoms with van der Waals surface area (Å²) in [6.45, 7) is 1.46. The predicted molar refractivity (Wildman–Crippen MR) is 108 cm³/mol. The Hall–Kier alpha value is -3.55. The molecule has 0 atom stereocenters. The Bertz CT molecular complexity index is 1080. The number of benzene rings is 2. The SMILES string of the molecule is CC(=O)c1ccc(-c2ccc(C(=O)Nc3cc(C(F)(F)F)ccc3N(C)C)o2)cc1. The Morgan fingerprint density at radius 3 is 2.20 bits per heavy atom. The summed E-state index contributed by atoms with van der Waals surface area (Å²) in [6, 6.07) is 12.8. The number of rotatable bonds is 5. The van der Waals surface area contributed by atoms with Crippen LogP contribution in [0, 0.1) is 0 Å². The summed E-state index contributed by atoms with van der Waals surface area (Å²) in [5.41, 5.74) is 0.775. The molecular formula is C22H19F3N2O3. The number of anilines is 2. The molecule has 1 heterocycles. The van der Waals surface area contributed by atoms with Crippen molar-refractivity contribution < 1.29 is 27.2 Å². The van der Waals surface area contributed by atoms with Gasteiger partial charge in [-0.3, -0.25) is 9.59 Å². The first-order valence-electron chi connectivity index (χ1n) is 8.97. The number of hydrogen-bond donors (Lipinski definition) is 1. The Kier molecular flexibility index (Phi) is 5.69. The number of nitrogens with one attached hydrogen (secondary N) is 1. The molecule has 0 fully saturated rings. The zero-order chi connectivity index (χ0) is 22.1. The molecule has 3 aromatic rings. The smallest absolute Gasteiger partial charge is 0.416 e. The van der Waals surface area contributed by atoms with Crippen LogP contribution in [0.15, 0.2) is 59.0 Å². The number of carbonyl (C=O) groups is 2. The first-order chi connectivity index (χ1) is 14.1. The van der Waals surface area contributed by atoms with Crippen molar-refractivity contribution in [1.82, 2.24) is 0 Å². The quantitative estimate of drug-likeness (QED) is 0.559. The number of hydrogen-bond acceptors (Lipinski definition) is 4. The van der Waals surface area contributed by atoms with Gasteiger partial charge >= 0.3 is 6.18 Å². The lowest BCUT2D eigenvalue weighted by atomic mass is 10.1. The van der Waals surface area contributed by atoms with Crippen molar-refractivity contribution in [2.45, 2.75) is 13.1 Å². The van der Waals surface area contributed by atoms with Gasteiger partial charge in [-0.2, -0.15) is 13.2 Å². The maximum absolute atomic E-state index is 13.1. The van der Waals surface area contributed by atoms with Crippen LogP contribution in [0.1, 0.15) is 33.4 Å². The van der Waals surface area contributed by atoms with Crippen LogP contribution in [-0.2, 0) is 6.18 Å². The van der Waals surface area contributed by atoms with Gasteiger partial charge in [0.05, 0.1) is 16.9 Å². The lowest BCUT2D eigenvalue weighted by Gasteiger charge is -2.19. The van der Waals surface area contributed by atoms with Crippen LogP contribution in [0.4, 0.5) is 24.5 Å². The van der Waals surface area contributed by atoms with Crippen LogP contribution in [-0.4, -0.2) is 25.8 Å². The molecule has 0 aliphatic carbocycles. The summed E-state index contributed by atoms with van der Waals surface area (Å²) in [7, 11) is 3.32. The van der Waals surface area contributed by atoms with E-state index in [1.165, 1.54) is 19.1 Å². The molecule has 2 aromatic carbocycles. The van der Waals surface area contributed by atoms with E-state index in [2.05, 4.69) is 5.32 Å². The summed E-state index contributed by atoms with van der Waals surface area (Å²) in [5.74, 6) is -0.405. The average molecular weight is 416 g/mol. The number of nitrogens with zero attached hydrogens (tertiary/aromatic N) is 1. The van der Waals surface area contributed by atoms with E-state index in [-0.39, 0.29) is 17.2 Å². The molecule has 8 heteroatoms. The monoisotopic (exact) mass is 416 g/mol. The van der Waals surface area contributed by atoms with Gasteiger partial charge < -0.3 is 14.6 Å². The summed E-state index contributed by atoms with van der Waals surface area (Å²) in [6.07, 6.45) is -4.53. The summed E-state index contributed by atoms with van der Waals surface area (Å²) in [5, 5.41) is 2.49. The second-order valence-electron chi connectivity index (χ2n) is 6.88. The molecule has 0 spiro atoms. The first-order valence-corrected chi connectivity index (χ1v) is 8.97. The fraction of sp³-hybridized carbons (Fsp3) is 0.182. The Morgan fingerprint density at radius 2 is 1.63 bits per heavy atom. The minimum absolute atomic E-state index is 0.0172. The molecule has 0 unspecified atom stereocenters. The van der Waals surface area contributed by atoms with E-state index >= 15 is 0 Å². The minimum atomic E-state index is -4.53. The number of Topliss-reactive ketones (excluding diaryl/α,β-unsaturated/α-hetero) is 1. The summed E-state index contributed by atoms with van der Waals surface area (Å²) in [4.78, 5) is 25.6. The van der Waals surface area contributed by atoms with E-state index in [1.807, 2.05) is 0 Å². The highest BCUT2D eigenvalue weighted by molar-refractivity contribution is 6.04. The summed E-state index contributed by atoms with van der Waals surface area (Å²) >= 11 is 0. The third kappa shape index (κ3) is 4.53. The molecule has 1 N–H and O–H groups in total. The van der Waals surface area contributed by atoms with Gasteiger partial charge in [0.25, 0.3) is 5.91 Å². The molecule has 0 saturated heterocycles. The minimum Gasteiger partial charge on any atom is -0.451 e. The molecule has 0 bridgehead atoms. The summed E-state index contributed by atoms with van der Waals surface area (Å²) < 4.78 is 44.8. The third-order valence-electron chi connectivity index (χ3n) is 4.46. The second-order valence-corrected chi connectivity index (χ2v) is 6.88. The predicted octanol–water partition coefficient (Wildman–Crippen LogP) is 5.49. The molecule has 0 saturated carbocycles. The maximum Gasteiger partial charge on any atom is 0.416 e. The van der Waals surface area contributed by atoms with Gasteiger partial charge in [0, 0.05) is 25.2 Å². The number of amides is 1. The second kappa shape index (κ2) is 8.06. The van der Waals surface area contributed by atoms with E-state index in [0.717, 1.165) is 12.1 Å². The van der Waals surface area contributed by atoms with Crippen LogP contribution in [0.25, 0.3) is 11.3 Å². The zero-order valence-electron chi connectivity index (χ0n) is 16.5. The van der Waals surface area contributed by atoms with Gasteiger partial charge in [-0.15, -0.1) is 0 Å². The fourth-order valence-electron chi connectivity index (χ4n) is 2.87. The highest BCUT2D eigenvalue weighted by atomic mass is 19.4.